The number of nitrogens with one attached hydrogen (secondary N) is 1. The number of hydrogen-bond donors (Lipinski definition) is 2. The molecule has 6 heteroatoms. The zero-order chi connectivity index (χ0) is 13.9. The lowest BCUT2D eigenvalue weighted by Gasteiger charge is -2.33. The van der Waals surface area contributed by atoms with E-state index >= 15 is 0 Å². The summed E-state index contributed by atoms with van der Waals surface area (Å²) in [5, 5.41) is 12.3. The van der Waals surface area contributed by atoms with Gasteiger partial charge < -0.3 is 10.4 Å². The summed E-state index contributed by atoms with van der Waals surface area (Å²) in [5.74, 6) is -1.39. The van der Waals surface area contributed by atoms with Gasteiger partial charge in [-0.1, -0.05) is 30.9 Å². The number of carbonyl (C=O) groups excluding carboxylic acids is 1. The van der Waals surface area contributed by atoms with Crippen molar-refractivity contribution in [3.63, 3.8) is 0 Å². The largest absolute Gasteiger partial charge is 0.480 e. The zero-order valence-corrected chi connectivity index (χ0v) is 11.1. The zero-order valence-electron chi connectivity index (χ0n) is 10.4. The molecule has 0 atom stereocenters. The topological polar surface area (TPSA) is 79.3 Å². The van der Waals surface area contributed by atoms with E-state index in [0.717, 1.165) is 19.3 Å². The first-order valence-corrected chi connectivity index (χ1v) is 6.59. The third kappa shape index (κ3) is 3.04. The van der Waals surface area contributed by atoms with Gasteiger partial charge in [0.15, 0.2) is 0 Å². The first kappa shape index (κ1) is 13.8. The average Bonchev–Trinajstić information content (AvgIpc) is 2.40. The molecule has 0 unspecified atom stereocenters. The summed E-state index contributed by atoms with van der Waals surface area (Å²) in [4.78, 5) is 27.3. The van der Waals surface area contributed by atoms with Crippen molar-refractivity contribution in [3.8, 4) is 0 Å². The van der Waals surface area contributed by atoms with Crippen molar-refractivity contribution < 1.29 is 14.7 Å². The highest BCUT2D eigenvalue weighted by Gasteiger charge is 2.41. The van der Waals surface area contributed by atoms with E-state index in [4.69, 9.17) is 11.6 Å². The second kappa shape index (κ2) is 5.57. The molecule has 1 saturated carbocycles. The van der Waals surface area contributed by atoms with Gasteiger partial charge in [0.2, 0.25) is 0 Å². The van der Waals surface area contributed by atoms with Crippen LogP contribution in [0.2, 0.25) is 5.15 Å². The molecule has 1 fully saturated rings. The van der Waals surface area contributed by atoms with Gasteiger partial charge in [-0.05, 0) is 25.0 Å². The van der Waals surface area contributed by atoms with Crippen LogP contribution in [-0.2, 0) is 4.79 Å². The van der Waals surface area contributed by atoms with E-state index < -0.39 is 17.4 Å². The Balaban J connectivity index is 2.15. The summed E-state index contributed by atoms with van der Waals surface area (Å²) >= 11 is 5.65. The van der Waals surface area contributed by atoms with Gasteiger partial charge >= 0.3 is 5.97 Å². The normalized spacial score (nSPS) is 17.7. The maximum Gasteiger partial charge on any atom is 0.329 e. The third-order valence-corrected chi connectivity index (χ3v) is 3.68. The van der Waals surface area contributed by atoms with Gasteiger partial charge in [-0.2, -0.15) is 0 Å². The summed E-state index contributed by atoms with van der Waals surface area (Å²) in [6.45, 7) is 0. The van der Waals surface area contributed by atoms with Crippen LogP contribution in [0.5, 0.6) is 0 Å². The number of rotatable bonds is 3. The van der Waals surface area contributed by atoms with Crippen molar-refractivity contribution in [1.82, 2.24) is 10.3 Å². The summed E-state index contributed by atoms with van der Waals surface area (Å²) in [5.41, 5.74) is -0.829. The number of halogens is 1. The minimum Gasteiger partial charge on any atom is -0.480 e. The van der Waals surface area contributed by atoms with Gasteiger partial charge in [0.1, 0.15) is 10.7 Å². The Bertz CT molecular complexity index is 481. The standard InChI is InChI=1S/C13H15ClN2O3/c14-10-5-4-9(8-15-10)11(17)16-13(12(18)19)6-2-1-3-7-13/h4-5,8H,1-3,6-7H2,(H,16,17)(H,18,19). The Hall–Kier alpha value is -1.62. The van der Waals surface area contributed by atoms with Gasteiger partial charge in [0.05, 0.1) is 5.56 Å². The number of amides is 1. The van der Waals surface area contributed by atoms with E-state index in [9.17, 15) is 14.7 Å². The van der Waals surface area contributed by atoms with Crippen LogP contribution in [0.4, 0.5) is 0 Å². The number of carboxylic acid groups (broad SMARTS) is 1. The molecule has 2 N–H and O–H groups in total. The molecule has 5 nitrogen and oxygen atoms in total. The second-order valence-electron chi connectivity index (χ2n) is 4.77. The SMILES string of the molecule is O=C(NC1(C(=O)O)CCCCC1)c1ccc(Cl)nc1. The number of nitrogens with zero attached hydrogens (tertiary/aromatic N) is 1. The highest BCUT2D eigenvalue weighted by molar-refractivity contribution is 6.29. The maximum atomic E-state index is 12.1. The van der Waals surface area contributed by atoms with E-state index in [1.165, 1.54) is 18.3 Å². The highest BCUT2D eigenvalue weighted by Crippen LogP contribution is 2.28. The molecule has 19 heavy (non-hydrogen) atoms. The number of hydrogen-bond acceptors (Lipinski definition) is 3. The predicted octanol–water partition coefficient (Wildman–Crippen LogP) is 2.25. The van der Waals surface area contributed by atoms with E-state index in [1.807, 2.05) is 0 Å². The molecular weight excluding hydrogens is 268 g/mol. The van der Waals surface area contributed by atoms with E-state index in [0.29, 0.717) is 23.6 Å². The van der Waals surface area contributed by atoms with E-state index in [-0.39, 0.29) is 0 Å². The van der Waals surface area contributed by atoms with E-state index in [2.05, 4.69) is 10.3 Å². The van der Waals surface area contributed by atoms with Crippen molar-refractivity contribution in [1.29, 1.82) is 0 Å². The summed E-state index contributed by atoms with van der Waals surface area (Å²) < 4.78 is 0. The lowest BCUT2D eigenvalue weighted by Crippen LogP contribution is -2.55. The number of aromatic nitrogens is 1. The molecule has 102 valence electrons. The molecular formula is C13H15ClN2O3. The monoisotopic (exact) mass is 282 g/mol. The third-order valence-electron chi connectivity index (χ3n) is 3.46. The molecule has 0 aliphatic heterocycles. The van der Waals surface area contributed by atoms with Crippen molar-refractivity contribution >= 4 is 23.5 Å². The van der Waals surface area contributed by atoms with Gasteiger partial charge in [0, 0.05) is 6.20 Å². The minimum atomic E-state index is -1.14. The molecule has 1 aliphatic carbocycles. The van der Waals surface area contributed by atoms with Crippen LogP contribution >= 0.6 is 11.6 Å². The van der Waals surface area contributed by atoms with Gasteiger partial charge in [0.25, 0.3) is 5.91 Å². The predicted molar refractivity (Wildman–Crippen MR) is 70.2 cm³/mol. The molecule has 0 spiro atoms. The lowest BCUT2D eigenvalue weighted by molar-refractivity contribution is -0.145. The summed E-state index contributed by atoms with van der Waals surface area (Å²) in [7, 11) is 0. The van der Waals surface area contributed by atoms with Crippen LogP contribution in [0.25, 0.3) is 0 Å². The van der Waals surface area contributed by atoms with Crippen LogP contribution in [0.1, 0.15) is 42.5 Å². The molecule has 1 aromatic rings. The molecule has 1 aliphatic rings. The quantitative estimate of drug-likeness (QED) is 0.834. The van der Waals surface area contributed by atoms with Crippen LogP contribution < -0.4 is 5.32 Å². The Labute approximate surface area is 116 Å². The van der Waals surface area contributed by atoms with Crippen molar-refractivity contribution in [2.24, 2.45) is 0 Å². The molecule has 2 rings (SSSR count). The smallest absolute Gasteiger partial charge is 0.329 e. The molecule has 1 aromatic heterocycles. The number of pyridine rings is 1. The Morgan fingerprint density at radius 2 is 1.95 bits per heavy atom. The first-order chi connectivity index (χ1) is 9.03. The molecule has 0 aromatic carbocycles. The van der Waals surface area contributed by atoms with Crippen LogP contribution in [-0.4, -0.2) is 27.5 Å². The fourth-order valence-electron chi connectivity index (χ4n) is 2.35. The Kier molecular flexibility index (Phi) is 4.04. The molecule has 1 heterocycles. The second-order valence-corrected chi connectivity index (χ2v) is 5.16. The van der Waals surface area contributed by atoms with Crippen molar-refractivity contribution in [2.45, 2.75) is 37.6 Å². The number of carboxylic acids is 1. The van der Waals surface area contributed by atoms with Gasteiger partial charge in [-0.25, -0.2) is 9.78 Å². The highest BCUT2D eigenvalue weighted by atomic mass is 35.5. The summed E-state index contributed by atoms with van der Waals surface area (Å²) in [6, 6.07) is 3.04. The van der Waals surface area contributed by atoms with Gasteiger partial charge in [-0.3, -0.25) is 4.79 Å². The first-order valence-electron chi connectivity index (χ1n) is 6.21. The fourth-order valence-corrected chi connectivity index (χ4v) is 2.46. The Morgan fingerprint density at radius 3 is 2.47 bits per heavy atom. The fraction of sp³-hybridized carbons (Fsp3) is 0.462. The average molecular weight is 283 g/mol. The Morgan fingerprint density at radius 1 is 1.26 bits per heavy atom. The number of carbonyl (C=O) groups is 2. The number of aliphatic carboxylic acids is 1. The molecule has 1 amide bonds. The van der Waals surface area contributed by atoms with Crippen molar-refractivity contribution in [3.05, 3.63) is 29.0 Å². The molecule has 0 saturated heterocycles. The van der Waals surface area contributed by atoms with Crippen LogP contribution in [0.3, 0.4) is 0 Å². The summed E-state index contributed by atoms with van der Waals surface area (Å²) in [6.07, 6.45) is 4.91. The van der Waals surface area contributed by atoms with Crippen molar-refractivity contribution in [2.75, 3.05) is 0 Å². The maximum absolute atomic E-state index is 12.1. The minimum absolute atomic E-state index is 0.294. The molecule has 0 radical (unpaired) electrons. The lowest BCUT2D eigenvalue weighted by atomic mass is 9.81. The molecule has 0 bridgehead atoms. The van der Waals surface area contributed by atoms with Crippen LogP contribution in [0, 0.1) is 0 Å². The van der Waals surface area contributed by atoms with E-state index in [1.54, 1.807) is 0 Å². The van der Waals surface area contributed by atoms with Gasteiger partial charge in [-0.15, -0.1) is 0 Å². The van der Waals surface area contributed by atoms with Crippen LogP contribution in [0.15, 0.2) is 18.3 Å².